The second-order valence-electron chi connectivity index (χ2n) is 8.28. The Hall–Kier alpha value is -4.46. The van der Waals surface area contributed by atoms with Crippen molar-refractivity contribution in [3.8, 4) is 11.4 Å². The molecule has 0 aliphatic heterocycles. The van der Waals surface area contributed by atoms with Crippen LogP contribution in [0.4, 0.5) is 4.39 Å². The van der Waals surface area contributed by atoms with E-state index < -0.39 is 6.04 Å². The summed E-state index contributed by atoms with van der Waals surface area (Å²) in [4.78, 5) is 22.4. The first-order chi connectivity index (χ1) is 16.9. The zero-order valence-electron chi connectivity index (χ0n) is 19.6. The van der Waals surface area contributed by atoms with Gasteiger partial charge in [-0.25, -0.2) is 14.4 Å². The third-order valence-corrected chi connectivity index (χ3v) is 5.99. The number of halogens is 1. The molecule has 0 saturated heterocycles. The van der Waals surface area contributed by atoms with Crippen LogP contribution in [0.15, 0.2) is 79.3 Å². The van der Waals surface area contributed by atoms with Crippen LogP contribution in [0, 0.1) is 12.7 Å². The summed E-state index contributed by atoms with van der Waals surface area (Å²) in [5.74, 6) is 0.525. The average molecular weight is 470 g/mol. The van der Waals surface area contributed by atoms with Gasteiger partial charge in [-0.3, -0.25) is 4.79 Å². The van der Waals surface area contributed by atoms with Crippen LogP contribution in [0.3, 0.4) is 0 Å². The molecule has 3 aromatic carbocycles. The van der Waals surface area contributed by atoms with Crippen molar-refractivity contribution in [2.24, 2.45) is 7.05 Å². The van der Waals surface area contributed by atoms with Gasteiger partial charge in [-0.15, -0.1) is 0 Å². The summed E-state index contributed by atoms with van der Waals surface area (Å²) in [5.41, 5.74) is 4.54. The van der Waals surface area contributed by atoms with Crippen molar-refractivity contribution in [2.45, 2.75) is 13.0 Å². The molecule has 2 heterocycles. The first-order valence-corrected chi connectivity index (χ1v) is 11.1. The maximum atomic E-state index is 13.7. The molecule has 5 rings (SSSR count). The number of carbonyl (C=O) groups excluding carboxylic acids is 1. The number of methoxy groups -OCH3 is 1. The number of ether oxygens (including phenoxy) is 1. The molecule has 0 bridgehead atoms. The minimum Gasteiger partial charge on any atom is -0.495 e. The van der Waals surface area contributed by atoms with Crippen molar-refractivity contribution in [1.82, 2.24) is 24.4 Å². The summed E-state index contributed by atoms with van der Waals surface area (Å²) >= 11 is 0. The number of nitrogens with one attached hydrogen (secondary N) is 1. The van der Waals surface area contributed by atoms with Crippen molar-refractivity contribution >= 4 is 16.9 Å². The minimum atomic E-state index is -0.595. The van der Waals surface area contributed by atoms with Gasteiger partial charge in [-0.1, -0.05) is 24.3 Å². The van der Waals surface area contributed by atoms with Crippen LogP contribution in [0.1, 0.15) is 33.5 Å². The number of amides is 1. The van der Waals surface area contributed by atoms with E-state index in [9.17, 15) is 9.18 Å². The lowest BCUT2D eigenvalue weighted by Gasteiger charge is -2.20. The summed E-state index contributed by atoms with van der Waals surface area (Å²) in [7, 11) is 3.46. The topological polar surface area (TPSA) is 74.0 Å². The normalized spacial score (nSPS) is 12.0. The fraction of sp³-hybridized carbons (Fsp3) is 0.148. The van der Waals surface area contributed by atoms with Gasteiger partial charge in [-0.05, 0) is 55.0 Å². The number of benzene rings is 3. The lowest BCUT2D eigenvalue weighted by atomic mass is 10.0. The fourth-order valence-electron chi connectivity index (χ4n) is 4.17. The van der Waals surface area contributed by atoms with Crippen molar-refractivity contribution in [3.05, 3.63) is 108 Å². The summed E-state index contributed by atoms with van der Waals surface area (Å²) in [5, 5.41) is 3.08. The van der Waals surface area contributed by atoms with E-state index in [-0.39, 0.29) is 11.7 Å². The molecule has 7 nitrogen and oxygen atoms in total. The van der Waals surface area contributed by atoms with E-state index in [4.69, 9.17) is 9.72 Å². The van der Waals surface area contributed by atoms with Crippen molar-refractivity contribution in [1.29, 1.82) is 0 Å². The number of para-hydroxylation sites is 2. The molecule has 0 radical (unpaired) electrons. The number of carbonyl (C=O) groups is 1. The van der Waals surface area contributed by atoms with E-state index in [2.05, 4.69) is 10.3 Å². The number of fused-ring (bicyclic) bond motifs is 1. The predicted octanol–water partition coefficient (Wildman–Crippen LogP) is 4.73. The number of hydrogen-bond acceptors (Lipinski definition) is 4. The first-order valence-electron chi connectivity index (χ1n) is 11.1. The molecule has 1 amide bonds. The highest BCUT2D eigenvalue weighted by Gasteiger charge is 2.24. The van der Waals surface area contributed by atoms with E-state index >= 15 is 0 Å². The zero-order valence-corrected chi connectivity index (χ0v) is 19.6. The van der Waals surface area contributed by atoms with E-state index in [1.165, 1.54) is 12.1 Å². The molecule has 0 aliphatic rings. The smallest absolute Gasteiger partial charge is 0.252 e. The lowest BCUT2D eigenvalue weighted by Crippen LogP contribution is -2.31. The second kappa shape index (κ2) is 9.06. The zero-order chi connectivity index (χ0) is 24.5. The molecular weight excluding hydrogens is 445 g/mol. The van der Waals surface area contributed by atoms with Crippen LogP contribution < -0.4 is 10.1 Å². The number of aromatic nitrogens is 4. The molecule has 0 fully saturated rings. The van der Waals surface area contributed by atoms with Crippen LogP contribution in [0.2, 0.25) is 0 Å². The number of imidazole rings is 2. The maximum absolute atomic E-state index is 13.7. The highest BCUT2D eigenvalue weighted by Crippen LogP contribution is 2.28. The second-order valence-corrected chi connectivity index (χ2v) is 8.28. The fourth-order valence-corrected chi connectivity index (χ4v) is 4.17. The van der Waals surface area contributed by atoms with E-state index in [1.807, 2.05) is 59.6 Å². The Balaban J connectivity index is 1.52. The lowest BCUT2D eigenvalue weighted by molar-refractivity contribution is 0.0941. The number of aryl methyl sites for hydroxylation is 2. The number of nitrogens with zero attached hydrogens (tertiary/aromatic N) is 4. The van der Waals surface area contributed by atoms with Crippen molar-refractivity contribution < 1.29 is 13.9 Å². The van der Waals surface area contributed by atoms with Crippen LogP contribution >= 0.6 is 0 Å². The maximum Gasteiger partial charge on any atom is 0.252 e. The summed E-state index contributed by atoms with van der Waals surface area (Å²) in [6.07, 6.45) is 3.58. The molecule has 0 spiro atoms. The Labute approximate surface area is 201 Å². The quantitative estimate of drug-likeness (QED) is 0.390. The molecule has 35 heavy (non-hydrogen) atoms. The predicted molar refractivity (Wildman–Crippen MR) is 131 cm³/mol. The van der Waals surface area contributed by atoms with Gasteiger partial charge in [0, 0.05) is 18.8 Å². The van der Waals surface area contributed by atoms with Crippen LogP contribution in [-0.2, 0) is 7.05 Å². The molecular formula is C27H24FN5O2. The van der Waals surface area contributed by atoms with Crippen LogP contribution in [0.25, 0.3) is 16.7 Å². The Morgan fingerprint density at radius 3 is 2.54 bits per heavy atom. The molecule has 5 aromatic rings. The molecule has 1 unspecified atom stereocenters. The summed E-state index contributed by atoms with van der Waals surface area (Å²) < 4.78 is 23.0. The van der Waals surface area contributed by atoms with E-state index in [1.54, 1.807) is 37.7 Å². The Kier molecular flexibility index (Phi) is 5.78. The SMILES string of the molecule is COc1cc(C(=O)NC(c2ccc(F)cc2)c2nc3ccccc3n2C)ccc1-n1cnc(C)c1. The van der Waals surface area contributed by atoms with Gasteiger partial charge in [0.25, 0.3) is 5.91 Å². The first kappa shape index (κ1) is 22.3. The van der Waals surface area contributed by atoms with Gasteiger partial charge in [0.2, 0.25) is 0 Å². The van der Waals surface area contributed by atoms with Gasteiger partial charge >= 0.3 is 0 Å². The number of hydrogen-bond donors (Lipinski definition) is 1. The molecule has 1 N–H and O–H groups in total. The Morgan fingerprint density at radius 2 is 1.86 bits per heavy atom. The van der Waals surface area contributed by atoms with Crippen molar-refractivity contribution in [3.63, 3.8) is 0 Å². The van der Waals surface area contributed by atoms with Crippen molar-refractivity contribution in [2.75, 3.05) is 7.11 Å². The third kappa shape index (κ3) is 4.26. The summed E-state index contributed by atoms with van der Waals surface area (Å²) in [6, 6.07) is 18.5. The van der Waals surface area contributed by atoms with Crippen LogP contribution in [0.5, 0.6) is 5.75 Å². The monoisotopic (exact) mass is 469 g/mol. The van der Waals surface area contributed by atoms with Gasteiger partial charge in [0.1, 0.15) is 23.4 Å². The molecule has 2 aromatic heterocycles. The molecule has 0 aliphatic carbocycles. The standard InChI is InChI=1S/C27H24FN5O2/c1-17-15-33(16-29-17)23-13-10-19(14-24(23)35-3)27(34)31-25(18-8-11-20(28)12-9-18)26-30-21-6-4-5-7-22(21)32(26)2/h4-16,25H,1-3H3,(H,31,34). The highest BCUT2D eigenvalue weighted by atomic mass is 19.1. The largest absolute Gasteiger partial charge is 0.495 e. The molecule has 0 saturated carbocycles. The highest BCUT2D eigenvalue weighted by molar-refractivity contribution is 5.95. The van der Waals surface area contributed by atoms with E-state index in [0.717, 1.165) is 28.0 Å². The number of rotatable bonds is 6. The van der Waals surface area contributed by atoms with Gasteiger partial charge in [0.15, 0.2) is 0 Å². The summed E-state index contributed by atoms with van der Waals surface area (Å²) in [6.45, 7) is 1.90. The van der Waals surface area contributed by atoms with Crippen LogP contribution in [-0.4, -0.2) is 32.1 Å². The minimum absolute atomic E-state index is 0.307. The Bertz CT molecular complexity index is 1520. The molecule has 176 valence electrons. The van der Waals surface area contributed by atoms with Gasteiger partial charge in [-0.2, -0.15) is 0 Å². The third-order valence-electron chi connectivity index (χ3n) is 5.99. The molecule has 8 heteroatoms. The average Bonchev–Trinajstić information content (AvgIpc) is 3.46. The Morgan fingerprint density at radius 1 is 1.09 bits per heavy atom. The van der Waals surface area contributed by atoms with Gasteiger partial charge in [0.05, 0.1) is 35.9 Å². The van der Waals surface area contributed by atoms with E-state index in [0.29, 0.717) is 17.1 Å². The molecule has 1 atom stereocenters. The van der Waals surface area contributed by atoms with Gasteiger partial charge < -0.3 is 19.2 Å².